The third-order valence-electron chi connectivity index (χ3n) is 5.87. The first-order chi connectivity index (χ1) is 14.6. The fraction of sp³-hybridized carbons (Fsp3) is 0.364. The monoisotopic (exact) mass is 402 g/mol. The summed E-state index contributed by atoms with van der Waals surface area (Å²) in [5, 5.41) is 9.08. The maximum absolute atomic E-state index is 5.60. The Kier molecular flexibility index (Phi) is 3.65. The van der Waals surface area contributed by atoms with Crippen LogP contribution in [0.5, 0.6) is 5.75 Å². The molecular weight excluding hydrogens is 380 g/mol. The van der Waals surface area contributed by atoms with Crippen molar-refractivity contribution in [2.75, 3.05) is 7.11 Å². The first-order valence-electron chi connectivity index (χ1n) is 10.3. The van der Waals surface area contributed by atoms with Gasteiger partial charge in [-0.2, -0.15) is 10.1 Å². The topological polar surface area (TPSA) is 83.8 Å². The van der Waals surface area contributed by atoms with Crippen LogP contribution in [0.15, 0.2) is 35.2 Å². The van der Waals surface area contributed by atoms with Crippen LogP contribution in [0.3, 0.4) is 0 Å². The van der Waals surface area contributed by atoms with Gasteiger partial charge in [0.2, 0.25) is 0 Å². The molecule has 152 valence electrons. The highest BCUT2D eigenvalue weighted by Gasteiger charge is 2.31. The third-order valence-corrected chi connectivity index (χ3v) is 5.87. The van der Waals surface area contributed by atoms with Gasteiger partial charge in [0.25, 0.3) is 5.89 Å². The van der Waals surface area contributed by atoms with Crippen molar-refractivity contribution in [2.45, 2.75) is 45.1 Å². The second kappa shape index (κ2) is 6.29. The van der Waals surface area contributed by atoms with Gasteiger partial charge in [0.1, 0.15) is 12.1 Å². The molecule has 6 rings (SSSR count). The molecule has 0 radical (unpaired) electrons. The number of fused-ring (bicyclic) bond motifs is 5. The van der Waals surface area contributed by atoms with Gasteiger partial charge in [-0.3, -0.25) is 4.68 Å². The van der Waals surface area contributed by atoms with Crippen LogP contribution in [0.2, 0.25) is 0 Å². The minimum Gasteiger partial charge on any atom is -0.497 e. The Morgan fingerprint density at radius 3 is 2.83 bits per heavy atom. The maximum Gasteiger partial charge on any atom is 0.278 e. The fourth-order valence-corrected chi connectivity index (χ4v) is 4.04. The smallest absolute Gasteiger partial charge is 0.278 e. The molecule has 4 heterocycles. The molecule has 1 aliphatic carbocycles. The molecule has 2 aliphatic rings. The van der Waals surface area contributed by atoms with E-state index < -0.39 is 0 Å². The molecule has 0 atom stereocenters. The average Bonchev–Trinajstić information content (AvgIpc) is 3.18. The lowest BCUT2D eigenvalue weighted by Gasteiger charge is -2.11. The summed E-state index contributed by atoms with van der Waals surface area (Å²) in [4.78, 5) is 9.30. The van der Waals surface area contributed by atoms with Crippen LogP contribution in [0.25, 0.3) is 28.5 Å². The van der Waals surface area contributed by atoms with Crippen molar-refractivity contribution in [3.8, 4) is 34.3 Å². The van der Waals surface area contributed by atoms with Gasteiger partial charge in [0.05, 0.1) is 24.2 Å². The fourth-order valence-electron chi connectivity index (χ4n) is 4.04. The molecule has 0 saturated heterocycles. The molecule has 3 aromatic heterocycles. The second-order valence-corrected chi connectivity index (χ2v) is 8.28. The first-order valence-corrected chi connectivity index (χ1v) is 10.3. The molecule has 0 spiro atoms. The summed E-state index contributed by atoms with van der Waals surface area (Å²) in [6.45, 7) is 4.26. The highest BCUT2D eigenvalue weighted by molar-refractivity contribution is 5.77. The van der Waals surface area contributed by atoms with Crippen LogP contribution in [0.1, 0.15) is 55.7 Å². The average molecular weight is 402 g/mol. The highest BCUT2D eigenvalue weighted by Crippen LogP contribution is 2.41. The molecule has 1 aromatic carbocycles. The number of aromatic nitrogens is 6. The molecule has 8 nitrogen and oxygen atoms in total. The van der Waals surface area contributed by atoms with E-state index in [0.717, 1.165) is 58.3 Å². The molecule has 0 bridgehead atoms. The van der Waals surface area contributed by atoms with Crippen molar-refractivity contribution >= 4 is 0 Å². The van der Waals surface area contributed by atoms with E-state index >= 15 is 0 Å². The molecule has 1 aliphatic heterocycles. The number of nitrogens with zero attached hydrogens (tertiary/aromatic N) is 6. The lowest BCUT2D eigenvalue weighted by Crippen LogP contribution is -2.03. The van der Waals surface area contributed by atoms with Crippen molar-refractivity contribution in [1.29, 1.82) is 0 Å². The van der Waals surface area contributed by atoms with E-state index in [-0.39, 0.29) is 6.04 Å². The SMILES string of the molecule is COc1ccc2c(c1)-c1nn(C(C)C)cc1Cc1c(-c3nc(C4CC4)no3)ncn1-2. The molecule has 4 aromatic rings. The summed E-state index contributed by atoms with van der Waals surface area (Å²) >= 11 is 0. The van der Waals surface area contributed by atoms with Gasteiger partial charge in [-0.05, 0) is 44.9 Å². The molecule has 0 amide bonds. The van der Waals surface area contributed by atoms with Gasteiger partial charge in [-0.15, -0.1) is 0 Å². The molecule has 1 saturated carbocycles. The predicted octanol–water partition coefficient (Wildman–Crippen LogP) is 4.16. The van der Waals surface area contributed by atoms with Crippen LogP contribution < -0.4 is 4.74 Å². The molecule has 0 N–H and O–H groups in total. The van der Waals surface area contributed by atoms with Gasteiger partial charge in [-0.25, -0.2) is 4.98 Å². The third kappa shape index (κ3) is 2.59. The summed E-state index contributed by atoms with van der Waals surface area (Å²) in [6.07, 6.45) is 6.90. The first kappa shape index (κ1) is 17.4. The van der Waals surface area contributed by atoms with Crippen molar-refractivity contribution in [1.82, 2.24) is 29.5 Å². The Hall–Kier alpha value is -3.42. The summed E-state index contributed by atoms with van der Waals surface area (Å²) in [7, 11) is 1.68. The van der Waals surface area contributed by atoms with E-state index in [9.17, 15) is 0 Å². The van der Waals surface area contributed by atoms with Crippen molar-refractivity contribution in [3.05, 3.63) is 47.8 Å². The Labute approximate surface area is 173 Å². The Bertz CT molecular complexity index is 1260. The minimum atomic E-state index is 0.271. The standard InChI is InChI=1S/C22H22N6O2/c1-12(2)28-10-14-8-18-20(22-24-21(26-30-22)13-4-5-13)23-11-27(18)17-7-6-15(29-3)9-16(17)19(14)25-28/h6-7,9-13H,4-5,8H2,1-3H3. The minimum absolute atomic E-state index is 0.271. The Morgan fingerprint density at radius 1 is 1.20 bits per heavy atom. The summed E-state index contributed by atoms with van der Waals surface area (Å²) in [6, 6.07) is 6.33. The van der Waals surface area contributed by atoms with Crippen LogP contribution in [0.4, 0.5) is 0 Å². The number of methoxy groups -OCH3 is 1. The van der Waals surface area contributed by atoms with Crippen LogP contribution in [0, 0.1) is 0 Å². The number of benzene rings is 1. The zero-order valence-electron chi connectivity index (χ0n) is 17.2. The second-order valence-electron chi connectivity index (χ2n) is 8.28. The Balaban J connectivity index is 1.56. The summed E-state index contributed by atoms with van der Waals surface area (Å²) in [5.74, 6) is 2.51. The number of imidazole rings is 1. The number of rotatable bonds is 4. The summed E-state index contributed by atoms with van der Waals surface area (Å²) in [5.41, 5.74) is 5.91. The van der Waals surface area contributed by atoms with E-state index in [1.54, 1.807) is 7.11 Å². The largest absolute Gasteiger partial charge is 0.497 e. The maximum atomic E-state index is 5.60. The van der Waals surface area contributed by atoms with Crippen molar-refractivity contribution in [2.24, 2.45) is 0 Å². The molecule has 1 fully saturated rings. The van der Waals surface area contributed by atoms with Gasteiger partial charge >= 0.3 is 0 Å². The molecule has 8 heteroatoms. The zero-order valence-corrected chi connectivity index (χ0v) is 17.2. The van der Waals surface area contributed by atoms with E-state index in [1.807, 2.05) is 23.1 Å². The van der Waals surface area contributed by atoms with Crippen LogP contribution in [-0.4, -0.2) is 36.6 Å². The Morgan fingerprint density at radius 2 is 2.07 bits per heavy atom. The van der Waals surface area contributed by atoms with E-state index in [4.69, 9.17) is 14.4 Å². The zero-order chi connectivity index (χ0) is 20.4. The molecular formula is C22H22N6O2. The van der Waals surface area contributed by atoms with Gasteiger partial charge in [-0.1, -0.05) is 5.16 Å². The number of hydrogen-bond acceptors (Lipinski definition) is 6. The molecule has 0 unspecified atom stereocenters. The molecule has 30 heavy (non-hydrogen) atoms. The number of hydrogen-bond donors (Lipinski definition) is 0. The predicted molar refractivity (Wildman–Crippen MR) is 110 cm³/mol. The highest BCUT2D eigenvalue weighted by atomic mass is 16.5. The quantitative estimate of drug-likeness (QED) is 0.449. The van der Waals surface area contributed by atoms with Crippen molar-refractivity contribution in [3.63, 3.8) is 0 Å². The van der Waals surface area contributed by atoms with Gasteiger partial charge in [0, 0.05) is 35.7 Å². The normalized spacial score (nSPS) is 14.9. The van der Waals surface area contributed by atoms with E-state index in [0.29, 0.717) is 18.2 Å². The summed E-state index contributed by atoms with van der Waals surface area (Å²) < 4.78 is 15.2. The van der Waals surface area contributed by atoms with E-state index in [2.05, 4.69) is 45.8 Å². The van der Waals surface area contributed by atoms with E-state index in [1.165, 1.54) is 0 Å². The van der Waals surface area contributed by atoms with Crippen LogP contribution >= 0.6 is 0 Å². The van der Waals surface area contributed by atoms with Gasteiger partial charge in [0.15, 0.2) is 11.5 Å². The lowest BCUT2D eigenvalue weighted by atomic mass is 10.0. The van der Waals surface area contributed by atoms with Gasteiger partial charge < -0.3 is 13.8 Å². The van der Waals surface area contributed by atoms with Crippen molar-refractivity contribution < 1.29 is 9.26 Å². The lowest BCUT2D eigenvalue weighted by molar-refractivity contribution is 0.415. The van der Waals surface area contributed by atoms with Crippen LogP contribution in [-0.2, 0) is 6.42 Å². The number of ether oxygens (including phenoxy) is 1.